The number of aliphatic carboxylic acids is 1. The molecule has 0 aromatic carbocycles. The normalized spacial score (nSPS) is 38.3. The van der Waals surface area contributed by atoms with Crippen LogP contribution in [-0.2, 0) is 14.4 Å². The zero-order valence-corrected chi connectivity index (χ0v) is 13.8. The molecule has 2 amide bonds. The molecule has 0 aromatic heterocycles. The Morgan fingerprint density at radius 3 is 2.77 bits per heavy atom. The third kappa shape index (κ3) is 2.39. The van der Waals surface area contributed by atoms with E-state index in [4.69, 9.17) is 0 Å². The fourth-order valence-corrected chi connectivity index (χ4v) is 5.35. The summed E-state index contributed by atoms with van der Waals surface area (Å²) in [6.45, 7) is 4.86. The minimum atomic E-state index is -0.779. The van der Waals surface area contributed by atoms with E-state index in [-0.39, 0.29) is 34.6 Å². The Morgan fingerprint density at radius 1 is 1.41 bits per heavy atom. The van der Waals surface area contributed by atoms with E-state index in [0.717, 1.165) is 6.42 Å². The number of carboxylic acids is 1. The van der Waals surface area contributed by atoms with Gasteiger partial charge in [-0.05, 0) is 25.7 Å². The maximum atomic E-state index is 12.8. The van der Waals surface area contributed by atoms with Crippen molar-refractivity contribution in [3.63, 3.8) is 0 Å². The van der Waals surface area contributed by atoms with Crippen molar-refractivity contribution in [1.29, 1.82) is 0 Å². The maximum absolute atomic E-state index is 12.8. The van der Waals surface area contributed by atoms with Crippen LogP contribution < -0.4 is 0 Å². The van der Waals surface area contributed by atoms with E-state index in [1.165, 1.54) is 0 Å². The number of hydrogen-bond acceptors (Lipinski definition) is 4. The average Bonchev–Trinajstić information content (AvgIpc) is 2.95. The first-order valence-corrected chi connectivity index (χ1v) is 8.80. The second-order valence-corrected chi connectivity index (χ2v) is 8.26. The van der Waals surface area contributed by atoms with Gasteiger partial charge in [0.25, 0.3) is 0 Å². The smallest absolute Gasteiger partial charge is 0.306 e. The SMILES string of the molecule is CC1CN(C(=O)C2CSC3(C)CCC(=O)N23)CCC1C(=O)O. The molecule has 3 aliphatic rings. The van der Waals surface area contributed by atoms with E-state index in [1.54, 1.807) is 21.6 Å². The lowest BCUT2D eigenvalue weighted by molar-refractivity contribution is -0.151. The van der Waals surface area contributed by atoms with E-state index in [9.17, 15) is 19.5 Å². The molecule has 3 rings (SSSR count). The highest BCUT2D eigenvalue weighted by Crippen LogP contribution is 2.47. The van der Waals surface area contributed by atoms with Gasteiger partial charge < -0.3 is 14.9 Å². The van der Waals surface area contributed by atoms with E-state index < -0.39 is 5.97 Å². The molecule has 0 radical (unpaired) electrons. The van der Waals surface area contributed by atoms with Crippen LogP contribution in [0.5, 0.6) is 0 Å². The van der Waals surface area contributed by atoms with Crippen LogP contribution in [0.4, 0.5) is 0 Å². The summed E-state index contributed by atoms with van der Waals surface area (Å²) in [5.74, 6) is -0.501. The summed E-state index contributed by atoms with van der Waals surface area (Å²) in [6, 6.07) is -0.376. The van der Waals surface area contributed by atoms with E-state index in [0.29, 0.717) is 31.7 Å². The molecule has 0 aliphatic carbocycles. The van der Waals surface area contributed by atoms with Gasteiger partial charge in [0.15, 0.2) is 0 Å². The predicted octanol–water partition coefficient (Wildman–Crippen LogP) is 1.01. The fraction of sp³-hybridized carbons (Fsp3) is 0.800. The van der Waals surface area contributed by atoms with Crippen molar-refractivity contribution in [2.75, 3.05) is 18.8 Å². The van der Waals surface area contributed by atoms with Gasteiger partial charge in [0.05, 0.1) is 10.8 Å². The Morgan fingerprint density at radius 2 is 2.14 bits per heavy atom. The largest absolute Gasteiger partial charge is 0.481 e. The summed E-state index contributed by atoms with van der Waals surface area (Å²) >= 11 is 1.69. The van der Waals surface area contributed by atoms with Crippen molar-refractivity contribution >= 4 is 29.5 Å². The molecule has 4 unspecified atom stereocenters. The summed E-state index contributed by atoms with van der Waals surface area (Å²) in [5, 5.41) is 9.18. The Balaban J connectivity index is 1.70. The van der Waals surface area contributed by atoms with Crippen LogP contribution in [0.2, 0.25) is 0 Å². The van der Waals surface area contributed by atoms with Gasteiger partial charge in [0, 0.05) is 25.3 Å². The van der Waals surface area contributed by atoms with E-state index in [2.05, 4.69) is 0 Å². The lowest BCUT2D eigenvalue weighted by Crippen LogP contribution is -2.54. The van der Waals surface area contributed by atoms with Crippen molar-refractivity contribution in [3.05, 3.63) is 0 Å². The Hall–Kier alpha value is -1.24. The first kappa shape index (κ1) is 15.6. The van der Waals surface area contributed by atoms with Crippen molar-refractivity contribution in [3.8, 4) is 0 Å². The molecule has 22 heavy (non-hydrogen) atoms. The lowest BCUT2D eigenvalue weighted by atomic mass is 9.87. The first-order chi connectivity index (χ1) is 10.3. The molecule has 3 heterocycles. The van der Waals surface area contributed by atoms with Crippen LogP contribution >= 0.6 is 11.8 Å². The predicted molar refractivity (Wildman–Crippen MR) is 82.2 cm³/mol. The number of hydrogen-bond donors (Lipinski definition) is 1. The van der Waals surface area contributed by atoms with Crippen molar-refractivity contribution in [2.24, 2.45) is 11.8 Å². The van der Waals surface area contributed by atoms with E-state index >= 15 is 0 Å². The standard InChI is InChI=1S/C15H22N2O4S/c1-9-7-16(6-4-10(9)14(20)21)13(19)11-8-22-15(2)5-3-12(18)17(11)15/h9-11H,3-8H2,1-2H3,(H,20,21). The van der Waals surface area contributed by atoms with Gasteiger partial charge >= 0.3 is 5.97 Å². The van der Waals surface area contributed by atoms with Crippen molar-refractivity contribution < 1.29 is 19.5 Å². The molecule has 4 atom stereocenters. The summed E-state index contributed by atoms with van der Waals surface area (Å²) in [6.07, 6.45) is 1.82. The number of piperidine rings is 1. The highest BCUT2D eigenvalue weighted by atomic mass is 32.2. The number of carbonyl (C=O) groups is 3. The summed E-state index contributed by atoms with van der Waals surface area (Å²) in [4.78, 5) is 39.4. The average molecular weight is 326 g/mol. The highest BCUT2D eigenvalue weighted by molar-refractivity contribution is 8.01. The molecule has 6 nitrogen and oxygen atoms in total. The van der Waals surface area contributed by atoms with Crippen LogP contribution in [-0.4, -0.2) is 62.4 Å². The molecule has 3 saturated heterocycles. The summed E-state index contributed by atoms with van der Waals surface area (Å²) < 4.78 is 0. The first-order valence-electron chi connectivity index (χ1n) is 7.81. The van der Waals surface area contributed by atoms with Gasteiger partial charge in [-0.1, -0.05) is 6.92 Å². The third-order valence-corrected chi connectivity index (χ3v) is 6.77. The second kappa shape index (κ2) is 5.44. The van der Waals surface area contributed by atoms with Gasteiger partial charge in [-0.2, -0.15) is 0 Å². The van der Waals surface area contributed by atoms with Crippen LogP contribution in [0.15, 0.2) is 0 Å². The quantitative estimate of drug-likeness (QED) is 0.819. The van der Waals surface area contributed by atoms with Gasteiger partial charge in [0.1, 0.15) is 6.04 Å². The topological polar surface area (TPSA) is 77.9 Å². The Bertz CT molecular complexity index is 526. The van der Waals surface area contributed by atoms with Gasteiger partial charge in [0.2, 0.25) is 11.8 Å². The minimum absolute atomic E-state index is 0.0119. The number of thioether (sulfide) groups is 1. The molecule has 1 N–H and O–H groups in total. The number of carbonyl (C=O) groups excluding carboxylic acids is 2. The minimum Gasteiger partial charge on any atom is -0.481 e. The second-order valence-electron chi connectivity index (χ2n) is 6.76. The van der Waals surface area contributed by atoms with Crippen LogP contribution in [0, 0.1) is 11.8 Å². The number of rotatable bonds is 2. The molecule has 0 saturated carbocycles. The van der Waals surface area contributed by atoms with Crippen molar-refractivity contribution in [1.82, 2.24) is 9.80 Å². The molecule has 0 aromatic rings. The molecule has 3 fully saturated rings. The number of amides is 2. The Labute approximate surface area is 134 Å². The molecule has 3 aliphatic heterocycles. The van der Waals surface area contributed by atoms with Gasteiger partial charge in [-0.15, -0.1) is 11.8 Å². The van der Waals surface area contributed by atoms with Gasteiger partial charge in [-0.25, -0.2) is 0 Å². The number of nitrogens with zero attached hydrogens (tertiary/aromatic N) is 2. The van der Waals surface area contributed by atoms with Crippen molar-refractivity contribution in [2.45, 2.75) is 44.0 Å². The Kier molecular flexibility index (Phi) is 3.87. The van der Waals surface area contributed by atoms with E-state index in [1.807, 2.05) is 13.8 Å². The molecule has 0 bridgehead atoms. The van der Waals surface area contributed by atoms with Crippen LogP contribution in [0.3, 0.4) is 0 Å². The monoisotopic (exact) mass is 326 g/mol. The van der Waals surface area contributed by atoms with Crippen LogP contribution in [0.25, 0.3) is 0 Å². The third-order valence-electron chi connectivity index (χ3n) is 5.26. The molecular formula is C15H22N2O4S. The maximum Gasteiger partial charge on any atom is 0.306 e. The zero-order chi connectivity index (χ0) is 16.1. The molecule has 0 spiro atoms. The number of carboxylic acid groups (broad SMARTS) is 1. The molecule has 7 heteroatoms. The number of fused-ring (bicyclic) bond motifs is 1. The zero-order valence-electron chi connectivity index (χ0n) is 12.9. The van der Waals surface area contributed by atoms with Crippen LogP contribution in [0.1, 0.15) is 33.1 Å². The summed E-state index contributed by atoms with van der Waals surface area (Å²) in [5.41, 5.74) is 0. The lowest BCUT2D eigenvalue weighted by Gasteiger charge is -2.38. The highest BCUT2D eigenvalue weighted by Gasteiger charge is 2.53. The summed E-state index contributed by atoms with van der Waals surface area (Å²) in [7, 11) is 0. The molecular weight excluding hydrogens is 304 g/mol. The molecule has 122 valence electrons. The van der Waals surface area contributed by atoms with Gasteiger partial charge in [-0.3, -0.25) is 14.4 Å². The number of likely N-dealkylation sites (tertiary alicyclic amines) is 1. The fourth-order valence-electron chi connectivity index (χ4n) is 3.93.